The van der Waals surface area contributed by atoms with E-state index >= 15 is 0 Å². The van der Waals surface area contributed by atoms with Gasteiger partial charge in [0, 0.05) is 11.4 Å². The Labute approximate surface area is 172 Å². The Bertz CT molecular complexity index is 1030. The number of thioether (sulfide) groups is 1. The fraction of sp³-hybridized carbons (Fsp3) is 0.286. The zero-order valence-electron chi connectivity index (χ0n) is 16.6. The standard InChI is InChI=1S/C21H21FN2O4S/c1-12(2)28-19(25)11-23-20(26)18(29-21(23)27)10-15-9-13(3)24(14(15)4)17-8-6-5-7-16(17)22/h5-10,12H,11H2,1-4H3/b18-10-. The number of ether oxygens (including phenoxy) is 1. The highest BCUT2D eigenvalue weighted by atomic mass is 32.2. The first-order valence-corrected chi connectivity index (χ1v) is 9.89. The first kappa shape index (κ1) is 20.9. The predicted molar refractivity (Wildman–Crippen MR) is 109 cm³/mol. The number of rotatable bonds is 5. The van der Waals surface area contributed by atoms with Crippen LogP contribution in [0.25, 0.3) is 11.8 Å². The van der Waals surface area contributed by atoms with Crippen molar-refractivity contribution < 1.29 is 23.5 Å². The third-order valence-corrected chi connectivity index (χ3v) is 5.29. The number of aryl methyl sites for hydroxylation is 1. The van der Waals surface area contributed by atoms with Gasteiger partial charge in [0.05, 0.1) is 16.7 Å². The first-order valence-electron chi connectivity index (χ1n) is 9.07. The maximum atomic E-state index is 14.2. The predicted octanol–water partition coefficient (Wildman–Crippen LogP) is 4.22. The number of halogens is 1. The number of carbonyl (C=O) groups is 3. The summed E-state index contributed by atoms with van der Waals surface area (Å²) in [6, 6.07) is 8.25. The Morgan fingerprint density at radius 3 is 2.59 bits per heavy atom. The van der Waals surface area contributed by atoms with Gasteiger partial charge in [-0.3, -0.25) is 19.3 Å². The second kappa shape index (κ2) is 8.24. The zero-order chi connectivity index (χ0) is 21.3. The second-order valence-corrected chi connectivity index (χ2v) is 7.91. The lowest BCUT2D eigenvalue weighted by Gasteiger charge is -2.13. The summed E-state index contributed by atoms with van der Waals surface area (Å²) in [5.41, 5.74) is 2.63. The number of hydrogen-bond donors (Lipinski definition) is 0. The zero-order valence-corrected chi connectivity index (χ0v) is 17.4. The average Bonchev–Trinajstić information content (AvgIpc) is 3.05. The molecule has 2 aromatic rings. The number of benzene rings is 1. The van der Waals surface area contributed by atoms with Crippen molar-refractivity contribution in [3.8, 4) is 5.69 Å². The molecule has 6 nitrogen and oxygen atoms in total. The van der Waals surface area contributed by atoms with Gasteiger partial charge in [0.15, 0.2) is 0 Å². The number of hydrogen-bond acceptors (Lipinski definition) is 5. The van der Waals surface area contributed by atoms with Gasteiger partial charge in [-0.25, -0.2) is 4.39 Å². The van der Waals surface area contributed by atoms with Crippen LogP contribution in [-0.2, 0) is 14.3 Å². The molecule has 0 spiro atoms. The fourth-order valence-electron chi connectivity index (χ4n) is 3.14. The van der Waals surface area contributed by atoms with Crippen LogP contribution in [0.2, 0.25) is 0 Å². The molecule has 2 amide bonds. The van der Waals surface area contributed by atoms with Gasteiger partial charge in [0.1, 0.15) is 12.4 Å². The van der Waals surface area contributed by atoms with Gasteiger partial charge < -0.3 is 9.30 Å². The Hall–Kier alpha value is -2.87. The summed E-state index contributed by atoms with van der Waals surface area (Å²) in [5.74, 6) is -1.54. The summed E-state index contributed by atoms with van der Waals surface area (Å²) < 4.78 is 21.0. The van der Waals surface area contributed by atoms with E-state index in [1.807, 2.05) is 19.9 Å². The summed E-state index contributed by atoms with van der Waals surface area (Å²) in [6.07, 6.45) is 1.26. The van der Waals surface area contributed by atoms with Crippen LogP contribution >= 0.6 is 11.8 Å². The van der Waals surface area contributed by atoms with Crippen molar-refractivity contribution in [3.63, 3.8) is 0 Å². The maximum Gasteiger partial charge on any atom is 0.326 e. The molecule has 1 aliphatic rings. The van der Waals surface area contributed by atoms with Crippen LogP contribution in [0.3, 0.4) is 0 Å². The molecule has 0 radical (unpaired) electrons. The number of amides is 2. The van der Waals surface area contributed by atoms with Crippen LogP contribution in [-0.4, -0.2) is 39.2 Å². The Morgan fingerprint density at radius 2 is 1.93 bits per heavy atom. The normalized spacial score (nSPS) is 15.7. The minimum Gasteiger partial charge on any atom is -0.462 e. The molecular weight excluding hydrogens is 395 g/mol. The van der Waals surface area contributed by atoms with E-state index in [2.05, 4.69) is 0 Å². The van der Waals surface area contributed by atoms with E-state index in [-0.39, 0.29) is 16.8 Å². The smallest absolute Gasteiger partial charge is 0.326 e. The van der Waals surface area contributed by atoms with E-state index in [1.54, 1.807) is 42.7 Å². The summed E-state index contributed by atoms with van der Waals surface area (Å²) >= 11 is 0.768. The first-order chi connectivity index (χ1) is 13.7. The molecule has 8 heteroatoms. The Morgan fingerprint density at radius 1 is 1.24 bits per heavy atom. The van der Waals surface area contributed by atoms with Gasteiger partial charge in [0.2, 0.25) is 0 Å². The van der Waals surface area contributed by atoms with Crippen molar-refractivity contribution in [1.29, 1.82) is 0 Å². The lowest BCUT2D eigenvalue weighted by molar-refractivity contribution is -0.149. The maximum absolute atomic E-state index is 14.2. The molecule has 0 N–H and O–H groups in total. The highest BCUT2D eigenvalue weighted by molar-refractivity contribution is 8.18. The molecule has 0 bridgehead atoms. The van der Waals surface area contributed by atoms with Crippen LogP contribution in [0.5, 0.6) is 0 Å². The molecule has 0 aliphatic carbocycles. The molecule has 0 atom stereocenters. The van der Waals surface area contributed by atoms with Gasteiger partial charge in [-0.15, -0.1) is 0 Å². The molecule has 1 aliphatic heterocycles. The third kappa shape index (κ3) is 4.27. The van der Waals surface area contributed by atoms with Gasteiger partial charge in [-0.2, -0.15) is 0 Å². The minimum absolute atomic E-state index is 0.209. The molecular formula is C21H21FN2O4S. The summed E-state index contributed by atoms with van der Waals surface area (Å²) in [5, 5.41) is -0.523. The summed E-state index contributed by atoms with van der Waals surface area (Å²) in [6.45, 7) is 6.61. The lowest BCUT2D eigenvalue weighted by Crippen LogP contribution is -2.35. The molecule has 1 aromatic carbocycles. The van der Waals surface area contributed by atoms with Crippen LogP contribution in [0.15, 0.2) is 35.2 Å². The van der Waals surface area contributed by atoms with Gasteiger partial charge in [-0.1, -0.05) is 12.1 Å². The molecule has 3 rings (SSSR count). The summed E-state index contributed by atoms with van der Waals surface area (Å²) in [4.78, 5) is 37.7. The SMILES string of the molecule is Cc1cc(/C=C2\SC(=O)N(CC(=O)OC(C)C)C2=O)c(C)n1-c1ccccc1F. The van der Waals surface area contributed by atoms with Crippen LogP contribution in [0, 0.1) is 19.7 Å². The number of aromatic nitrogens is 1. The van der Waals surface area contributed by atoms with Crippen molar-refractivity contribution in [3.05, 3.63) is 58.0 Å². The van der Waals surface area contributed by atoms with E-state index < -0.39 is 23.7 Å². The molecule has 1 saturated heterocycles. The van der Waals surface area contributed by atoms with Crippen LogP contribution in [0.1, 0.15) is 30.8 Å². The molecule has 0 unspecified atom stereocenters. The minimum atomic E-state index is -0.638. The van der Waals surface area contributed by atoms with E-state index in [1.165, 1.54) is 6.07 Å². The van der Waals surface area contributed by atoms with E-state index in [0.29, 0.717) is 11.3 Å². The molecule has 1 aromatic heterocycles. The largest absolute Gasteiger partial charge is 0.462 e. The highest BCUT2D eigenvalue weighted by Crippen LogP contribution is 2.34. The average molecular weight is 416 g/mol. The summed E-state index contributed by atoms with van der Waals surface area (Å²) in [7, 11) is 0. The van der Waals surface area contributed by atoms with Crippen molar-refractivity contribution in [1.82, 2.24) is 9.47 Å². The fourth-order valence-corrected chi connectivity index (χ4v) is 3.97. The van der Waals surface area contributed by atoms with E-state index in [9.17, 15) is 18.8 Å². The topological polar surface area (TPSA) is 68.6 Å². The molecule has 29 heavy (non-hydrogen) atoms. The second-order valence-electron chi connectivity index (χ2n) is 6.92. The van der Waals surface area contributed by atoms with Gasteiger partial charge in [-0.05, 0) is 69.3 Å². The molecule has 0 saturated carbocycles. The number of imide groups is 1. The Balaban J connectivity index is 1.89. The molecule has 1 fully saturated rings. The molecule has 152 valence electrons. The number of esters is 1. The third-order valence-electron chi connectivity index (χ3n) is 4.38. The van der Waals surface area contributed by atoms with E-state index in [0.717, 1.165) is 28.0 Å². The van der Waals surface area contributed by atoms with Crippen molar-refractivity contribution in [2.45, 2.75) is 33.8 Å². The van der Waals surface area contributed by atoms with E-state index in [4.69, 9.17) is 4.74 Å². The number of carbonyl (C=O) groups excluding carboxylic acids is 3. The molecule has 2 heterocycles. The van der Waals surface area contributed by atoms with Crippen molar-refractivity contribution in [2.24, 2.45) is 0 Å². The van der Waals surface area contributed by atoms with Gasteiger partial charge in [0.25, 0.3) is 11.1 Å². The monoisotopic (exact) mass is 416 g/mol. The Kier molecular flexibility index (Phi) is 5.93. The highest BCUT2D eigenvalue weighted by Gasteiger charge is 2.37. The lowest BCUT2D eigenvalue weighted by atomic mass is 10.2. The number of nitrogens with zero attached hydrogens (tertiary/aromatic N) is 2. The van der Waals surface area contributed by atoms with Crippen molar-refractivity contribution in [2.75, 3.05) is 6.54 Å². The van der Waals surface area contributed by atoms with Crippen molar-refractivity contribution >= 4 is 35.0 Å². The quantitative estimate of drug-likeness (QED) is 0.539. The van der Waals surface area contributed by atoms with Crippen LogP contribution in [0.4, 0.5) is 9.18 Å². The number of para-hydroxylation sites is 1. The van der Waals surface area contributed by atoms with Gasteiger partial charge >= 0.3 is 5.97 Å². The van der Waals surface area contributed by atoms with Crippen LogP contribution < -0.4 is 0 Å².